The van der Waals surface area contributed by atoms with E-state index in [4.69, 9.17) is 9.15 Å². The van der Waals surface area contributed by atoms with E-state index in [0.717, 1.165) is 10.2 Å². The molecular weight excluding hydrogens is 480 g/mol. The second kappa shape index (κ2) is 8.53. The van der Waals surface area contributed by atoms with Crippen molar-refractivity contribution in [3.63, 3.8) is 0 Å². The zero-order valence-corrected chi connectivity index (χ0v) is 20.1. The normalized spacial score (nSPS) is 17.3. The van der Waals surface area contributed by atoms with Crippen molar-refractivity contribution >= 4 is 53.7 Å². The Hall–Kier alpha value is -3.22. The summed E-state index contributed by atoms with van der Waals surface area (Å²) in [6.45, 7) is 0.369. The highest BCUT2D eigenvalue weighted by molar-refractivity contribution is 7.89. The van der Waals surface area contributed by atoms with Crippen LogP contribution in [0.25, 0.3) is 21.3 Å². The van der Waals surface area contributed by atoms with Crippen molar-refractivity contribution in [1.29, 1.82) is 0 Å². The number of nitrogens with one attached hydrogen (secondary N) is 1. The summed E-state index contributed by atoms with van der Waals surface area (Å²) < 4.78 is 40.4. The Kier molecular flexibility index (Phi) is 5.66. The standard InChI is InChI=1S/C22H22N4O6S2/c1-25-17-8-6-15(11-18(17)32-22(25)28)34(29,30)26-9-3-4-13(12-26)20(27)24-21-23-16-7-5-14(31-2)10-19(16)33-21/h5-8,10-11,13H,3-4,9,12H2,1-2H3,(H,23,24,27). The van der Waals surface area contributed by atoms with Gasteiger partial charge in [0, 0.05) is 26.2 Å². The van der Waals surface area contributed by atoms with Crippen molar-refractivity contribution in [2.24, 2.45) is 13.0 Å². The van der Waals surface area contributed by atoms with E-state index in [1.807, 2.05) is 12.1 Å². The number of oxazole rings is 1. The van der Waals surface area contributed by atoms with Crippen molar-refractivity contribution in [3.8, 4) is 5.75 Å². The number of anilines is 1. The SMILES string of the molecule is COc1ccc2nc(NC(=O)C3CCCN(S(=O)(=O)c4ccc5c(c4)oc(=O)n5C)C3)sc2c1. The van der Waals surface area contributed by atoms with Gasteiger partial charge in [0.2, 0.25) is 15.9 Å². The number of ether oxygens (including phenoxy) is 1. The van der Waals surface area contributed by atoms with E-state index >= 15 is 0 Å². The molecule has 0 bridgehead atoms. The number of piperidine rings is 1. The molecular formula is C22H22N4O6S2. The number of hydrogen-bond acceptors (Lipinski definition) is 8. The van der Waals surface area contributed by atoms with Gasteiger partial charge in [-0.15, -0.1) is 0 Å². The molecule has 4 aromatic rings. The van der Waals surface area contributed by atoms with Gasteiger partial charge in [-0.05, 0) is 43.2 Å². The van der Waals surface area contributed by atoms with E-state index in [2.05, 4.69) is 10.3 Å². The predicted molar refractivity (Wildman–Crippen MR) is 128 cm³/mol. The number of amides is 1. The van der Waals surface area contributed by atoms with E-state index in [1.54, 1.807) is 26.3 Å². The van der Waals surface area contributed by atoms with Crippen molar-refractivity contribution in [3.05, 3.63) is 46.9 Å². The molecule has 0 saturated carbocycles. The first kappa shape index (κ1) is 22.6. The molecule has 1 unspecified atom stereocenters. The maximum Gasteiger partial charge on any atom is 0.419 e. The average molecular weight is 503 g/mol. The summed E-state index contributed by atoms with van der Waals surface area (Å²) in [6, 6.07) is 9.82. The Morgan fingerprint density at radius 3 is 2.88 bits per heavy atom. The van der Waals surface area contributed by atoms with Gasteiger partial charge < -0.3 is 14.5 Å². The third-order valence-electron chi connectivity index (χ3n) is 5.98. The number of methoxy groups -OCH3 is 1. The fraction of sp³-hybridized carbons (Fsp3) is 0.318. The summed E-state index contributed by atoms with van der Waals surface area (Å²) in [4.78, 5) is 29.1. The molecule has 0 aliphatic carbocycles. The van der Waals surface area contributed by atoms with Crippen LogP contribution in [0.15, 0.2) is 50.5 Å². The summed E-state index contributed by atoms with van der Waals surface area (Å²) >= 11 is 1.33. The highest BCUT2D eigenvalue weighted by atomic mass is 32.2. The number of aryl methyl sites for hydroxylation is 1. The van der Waals surface area contributed by atoms with Crippen LogP contribution in [-0.4, -0.2) is 48.4 Å². The molecule has 2 aromatic carbocycles. The van der Waals surface area contributed by atoms with E-state index in [0.29, 0.717) is 35.8 Å². The van der Waals surface area contributed by atoms with Gasteiger partial charge in [0.1, 0.15) is 5.75 Å². The third kappa shape index (κ3) is 3.97. The van der Waals surface area contributed by atoms with Crippen LogP contribution < -0.4 is 15.8 Å². The van der Waals surface area contributed by atoms with Crippen molar-refractivity contribution in [1.82, 2.24) is 13.9 Å². The minimum atomic E-state index is -3.87. The van der Waals surface area contributed by atoms with E-state index in [9.17, 15) is 18.0 Å². The lowest BCUT2D eigenvalue weighted by Gasteiger charge is -2.31. The van der Waals surface area contributed by atoms with Crippen LogP contribution in [0.1, 0.15) is 12.8 Å². The van der Waals surface area contributed by atoms with Crippen molar-refractivity contribution in [2.45, 2.75) is 17.7 Å². The zero-order chi connectivity index (χ0) is 24.0. The lowest BCUT2D eigenvalue weighted by molar-refractivity contribution is -0.120. The maximum absolute atomic E-state index is 13.3. The van der Waals surface area contributed by atoms with Crippen molar-refractivity contribution < 1.29 is 22.4 Å². The number of sulfonamides is 1. The Labute approximate surface area is 198 Å². The third-order valence-corrected chi connectivity index (χ3v) is 8.78. The lowest BCUT2D eigenvalue weighted by atomic mass is 9.99. The van der Waals surface area contributed by atoms with Crippen LogP contribution in [0.4, 0.5) is 5.13 Å². The molecule has 5 rings (SSSR count). The largest absolute Gasteiger partial charge is 0.497 e. The van der Waals surface area contributed by atoms with Gasteiger partial charge in [-0.1, -0.05) is 11.3 Å². The molecule has 34 heavy (non-hydrogen) atoms. The van der Waals surface area contributed by atoms with Gasteiger partial charge in [0.25, 0.3) is 0 Å². The van der Waals surface area contributed by atoms with Crippen molar-refractivity contribution in [2.75, 3.05) is 25.5 Å². The molecule has 178 valence electrons. The fourth-order valence-corrected chi connectivity index (χ4v) is 6.53. The lowest BCUT2D eigenvalue weighted by Crippen LogP contribution is -2.43. The molecule has 1 aliphatic rings. The highest BCUT2D eigenvalue weighted by Crippen LogP contribution is 2.31. The maximum atomic E-state index is 13.3. The number of fused-ring (bicyclic) bond motifs is 2. The number of nitrogens with zero attached hydrogens (tertiary/aromatic N) is 3. The summed E-state index contributed by atoms with van der Waals surface area (Å²) in [7, 11) is -0.731. The number of thiazole rings is 1. The first-order valence-electron chi connectivity index (χ1n) is 10.6. The molecule has 10 nitrogen and oxygen atoms in total. The fourth-order valence-electron chi connectivity index (χ4n) is 4.09. The van der Waals surface area contributed by atoms with Gasteiger partial charge in [-0.2, -0.15) is 4.31 Å². The second-order valence-corrected chi connectivity index (χ2v) is 11.1. The van der Waals surface area contributed by atoms with Gasteiger partial charge in [-0.3, -0.25) is 9.36 Å². The molecule has 0 spiro atoms. The van der Waals surface area contributed by atoms with Crippen LogP contribution >= 0.6 is 11.3 Å². The van der Waals surface area contributed by atoms with Crippen LogP contribution in [0.3, 0.4) is 0 Å². The Bertz CT molecular complexity index is 1570. The number of carbonyl (C=O) groups is 1. The number of benzene rings is 2. The number of aromatic nitrogens is 2. The van der Waals surface area contributed by atoms with Crippen LogP contribution in [0.5, 0.6) is 5.75 Å². The molecule has 2 aromatic heterocycles. The van der Waals surface area contributed by atoms with Gasteiger partial charge in [0.15, 0.2) is 10.7 Å². The summed E-state index contributed by atoms with van der Waals surface area (Å²) in [5.41, 5.74) is 1.46. The first-order chi connectivity index (χ1) is 16.3. The highest BCUT2D eigenvalue weighted by Gasteiger charge is 2.34. The number of rotatable bonds is 5. The molecule has 12 heteroatoms. The second-order valence-electron chi connectivity index (χ2n) is 8.10. The molecule has 1 fully saturated rings. The summed E-state index contributed by atoms with van der Waals surface area (Å²) in [6.07, 6.45) is 1.13. The number of carbonyl (C=O) groups excluding carboxylic acids is 1. The smallest absolute Gasteiger partial charge is 0.419 e. The predicted octanol–water partition coefficient (Wildman–Crippen LogP) is 2.79. The zero-order valence-electron chi connectivity index (χ0n) is 18.5. The van der Waals surface area contributed by atoms with Gasteiger partial charge in [0.05, 0.1) is 33.7 Å². The molecule has 0 radical (unpaired) electrons. The van der Waals surface area contributed by atoms with Gasteiger partial charge in [-0.25, -0.2) is 18.2 Å². The van der Waals surface area contributed by atoms with Crippen LogP contribution in [0, 0.1) is 5.92 Å². The first-order valence-corrected chi connectivity index (χ1v) is 12.9. The molecule has 1 amide bonds. The Morgan fingerprint density at radius 2 is 2.09 bits per heavy atom. The molecule has 1 atom stereocenters. The number of hydrogen-bond donors (Lipinski definition) is 1. The van der Waals surface area contributed by atoms with Crippen LogP contribution in [0.2, 0.25) is 0 Å². The Balaban J connectivity index is 1.33. The molecule has 1 saturated heterocycles. The van der Waals surface area contributed by atoms with Gasteiger partial charge >= 0.3 is 5.76 Å². The van der Waals surface area contributed by atoms with E-state index in [-0.39, 0.29) is 22.9 Å². The molecule has 3 heterocycles. The minimum Gasteiger partial charge on any atom is -0.497 e. The summed E-state index contributed by atoms with van der Waals surface area (Å²) in [5.74, 6) is -0.637. The topological polar surface area (TPSA) is 124 Å². The van der Waals surface area contributed by atoms with E-state index in [1.165, 1.54) is 32.3 Å². The molecule has 1 N–H and O–H groups in total. The monoisotopic (exact) mass is 502 g/mol. The quantitative estimate of drug-likeness (QED) is 0.445. The average Bonchev–Trinajstić information content (AvgIpc) is 3.37. The molecule has 1 aliphatic heterocycles. The van der Waals surface area contributed by atoms with E-state index < -0.39 is 21.7 Å². The summed E-state index contributed by atoms with van der Waals surface area (Å²) in [5, 5.41) is 3.29. The Morgan fingerprint density at radius 1 is 1.26 bits per heavy atom. The van der Waals surface area contributed by atoms with Crippen LogP contribution in [-0.2, 0) is 21.9 Å². The minimum absolute atomic E-state index is 0.0236.